The Morgan fingerprint density at radius 3 is 2.80 bits per heavy atom. The van der Waals surface area contributed by atoms with E-state index in [0.29, 0.717) is 11.7 Å². The summed E-state index contributed by atoms with van der Waals surface area (Å²) in [6.45, 7) is 2.16. The largest absolute Gasteiger partial charge is 0.273 e. The van der Waals surface area contributed by atoms with Gasteiger partial charge in [-0.2, -0.15) is 5.26 Å². The lowest BCUT2D eigenvalue weighted by Crippen LogP contribution is -2.04. The molecule has 1 heterocycles. The molecule has 2 nitrogen and oxygen atoms in total. The number of hydrogen-bond acceptors (Lipinski definition) is 3. The third kappa shape index (κ3) is 2.21. The Morgan fingerprint density at radius 2 is 2.13 bits per heavy atom. The van der Waals surface area contributed by atoms with Gasteiger partial charge in [0.25, 0.3) is 0 Å². The van der Waals surface area contributed by atoms with Gasteiger partial charge in [0.05, 0.1) is 23.6 Å². The summed E-state index contributed by atoms with van der Waals surface area (Å²) in [4.78, 5) is 4.59. The van der Waals surface area contributed by atoms with E-state index in [9.17, 15) is 0 Å². The molecule has 1 aliphatic heterocycles. The summed E-state index contributed by atoms with van der Waals surface area (Å²) >= 11 is 1.72. The highest BCUT2D eigenvalue weighted by Gasteiger charge is 2.27. The Kier molecular flexibility index (Phi) is 3.08. The van der Waals surface area contributed by atoms with E-state index in [4.69, 9.17) is 5.26 Å². The second-order valence-electron chi connectivity index (χ2n) is 3.54. The predicted octanol–water partition coefficient (Wildman–Crippen LogP) is 3.18. The summed E-state index contributed by atoms with van der Waals surface area (Å²) in [7, 11) is 0. The number of nitriles is 1. The van der Waals surface area contributed by atoms with Crippen LogP contribution < -0.4 is 0 Å². The summed E-state index contributed by atoms with van der Waals surface area (Å²) in [5, 5.41) is 10.0. The predicted molar refractivity (Wildman–Crippen MR) is 63.9 cm³/mol. The van der Waals surface area contributed by atoms with Gasteiger partial charge in [0.15, 0.2) is 0 Å². The fourth-order valence-electron chi connectivity index (χ4n) is 1.72. The van der Waals surface area contributed by atoms with Crippen LogP contribution in [0.5, 0.6) is 0 Å². The van der Waals surface area contributed by atoms with E-state index in [0.717, 1.165) is 5.04 Å². The molecular weight excluding hydrogens is 204 g/mol. The molecule has 15 heavy (non-hydrogen) atoms. The van der Waals surface area contributed by atoms with Gasteiger partial charge in [-0.05, 0) is 5.56 Å². The maximum absolute atomic E-state index is 8.63. The molecule has 0 amide bonds. The van der Waals surface area contributed by atoms with Gasteiger partial charge in [-0.3, -0.25) is 4.99 Å². The molecule has 0 radical (unpaired) electrons. The zero-order valence-corrected chi connectivity index (χ0v) is 9.37. The van der Waals surface area contributed by atoms with Gasteiger partial charge < -0.3 is 0 Å². The SMILES string of the molecule is CC1SC(CC#N)=NC1c1ccccc1. The molecule has 0 aliphatic carbocycles. The Bertz CT molecular complexity index is 405. The minimum atomic E-state index is 0.222. The molecule has 76 valence electrons. The van der Waals surface area contributed by atoms with Crippen LogP contribution >= 0.6 is 11.8 Å². The Morgan fingerprint density at radius 1 is 1.40 bits per heavy atom. The van der Waals surface area contributed by atoms with Crippen molar-refractivity contribution in [2.24, 2.45) is 4.99 Å². The monoisotopic (exact) mass is 216 g/mol. The van der Waals surface area contributed by atoms with Gasteiger partial charge >= 0.3 is 0 Å². The van der Waals surface area contributed by atoms with E-state index < -0.39 is 0 Å². The fourth-order valence-corrected chi connectivity index (χ4v) is 2.82. The summed E-state index contributed by atoms with van der Waals surface area (Å²) < 4.78 is 0. The van der Waals surface area contributed by atoms with Crippen LogP contribution in [0.15, 0.2) is 35.3 Å². The lowest BCUT2D eigenvalue weighted by atomic mass is 10.1. The lowest BCUT2D eigenvalue weighted by molar-refractivity contribution is 0.733. The second-order valence-corrected chi connectivity index (χ2v) is 4.99. The third-order valence-electron chi connectivity index (χ3n) is 2.42. The molecule has 2 atom stereocenters. The van der Waals surface area contributed by atoms with Gasteiger partial charge in [0.2, 0.25) is 0 Å². The average Bonchev–Trinajstić information content (AvgIpc) is 2.61. The zero-order valence-electron chi connectivity index (χ0n) is 8.55. The molecule has 0 aromatic heterocycles. The van der Waals surface area contributed by atoms with Crippen molar-refractivity contribution in [1.82, 2.24) is 0 Å². The van der Waals surface area contributed by atoms with Gasteiger partial charge in [-0.25, -0.2) is 0 Å². The number of benzene rings is 1. The lowest BCUT2D eigenvalue weighted by Gasteiger charge is -2.11. The summed E-state index contributed by atoms with van der Waals surface area (Å²) in [6.07, 6.45) is 0.443. The second kappa shape index (κ2) is 4.50. The van der Waals surface area contributed by atoms with Crippen LogP contribution in [0.25, 0.3) is 0 Å². The first-order valence-electron chi connectivity index (χ1n) is 4.96. The van der Waals surface area contributed by atoms with Gasteiger partial charge in [0, 0.05) is 5.25 Å². The highest BCUT2D eigenvalue weighted by atomic mass is 32.2. The van der Waals surface area contributed by atoms with Crippen LogP contribution in [-0.4, -0.2) is 10.3 Å². The van der Waals surface area contributed by atoms with Crippen LogP contribution in [0, 0.1) is 11.3 Å². The topological polar surface area (TPSA) is 36.1 Å². The molecule has 3 heteroatoms. The minimum Gasteiger partial charge on any atom is -0.273 e. The van der Waals surface area contributed by atoms with Gasteiger partial charge in [-0.15, -0.1) is 11.8 Å². The van der Waals surface area contributed by atoms with Crippen LogP contribution in [0.3, 0.4) is 0 Å². The number of nitrogens with zero attached hydrogens (tertiary/aromatic N) is 2. The molecule has 2 unspecified atom stereocenters. The standard InChI is InChI=1S/C12H12N2S/c1-9-12(10-5-3-2-4-6-10)14-11(15-9)7-8-13/h2-6,9,12H,7H2,1H3. The van der Waals surface area contributed by atoms with E-state index >= 15 is 0 Å². The molecular formula is C12H12N2S. The third-order valence-corrected chi connectivity index (χ3v) is 3.57. The Labute approximate surface area is 94.0 Å². The zero-order chi connectivity index (χ0) is 10.7. The van der Waals surface area contributed by atoms with Crippen molar-refractivity contribution in [2.75, 3.05) is 0 Å². The maximum atomic E-state index is 8.63. The molecule has 1 aromatic carbocycles. The van der Waals surface area contributed by atoms with Crippen LogP contribution in [0.1, 0.15) is 24.9 Å². The van der Waals surface area contributed by atoms with Crippen molar-refractivity contribution in [3.8, 4) is 6.07 Å². The van der Waals surface area contributed by atoms with Gasteiger partial charge in [-0.1, -0.05) is 37.3 Å². The molecule has 1 aromatic rings. The van der Waals surface area contributed by atoms with E-state index in [1.807, 2.05) is 18.2 Å². The van der Waals surface area contributed by atoms with Crippen molar-refractivity contribution in [1.29, 1.82) is 5.26 Å². The molecule has 0 N–H and O–H groups in total. The highest BCUT2D eigenvalue weighted by molar-refractivity contribution is 8.14. The normalized spacial score (nSPS) is 24.7. The Hall–Kier alpha value is -1.27. The first-order chi connectivity index (χ1) is 7.31. The fraction of sp³-hybridized carbons (Fsp3) is 0.333. The minimum absolute atomic E-state index is 0.222. The van der Waals surface area contributed by atoms with E-state index in [1.54, 1.807) is 11.8 Å². The quantitative estimate of drug-likeness (QED) is 0.761. The molecule has 0 bridgehead atoms. The first-order valence-corrected chi connectivity index (χ1v) is 5.84. The van der Waals surface area contributed by atoms with Gasteiger partial charge in [0.1, 0.15) is 0 Å². The van der Waals surface area contributed by atoms with Crippen molar-refractivity contribution < 1.29 is 0 Å². The van der Waals surface area contributed by atoms with E-state index in [2.05, 4.69) is 30.1 Å². The summed E-state index contributed by atoms with van der Waals surface area (Å²) in [5.74, 6) is 0. The summed E-state index contributed by atoms with van der Waals surface area (Å²) in [5.41, 5.74) is 1.24. The van der Waals surface area contributed by atoms with Crippen molar-refractivity contribution >= 4 is 16.8 Å². The maximum Gasteiger partial charge on any atom is 0.0878 e. The molecule has 0 fully saturated rings. The van der Waals surface area contributed by atoms with Crippen molar-refractivity contribution in [3.63, 3.8) is 0 Å². The smallest absolute Gasteiger partial charge is 0.0878 e. The molecule has 1 aliphatic rings. The highest BCUT2D eigenvalue weighted by Crippen LogP contribution is 2.37. The number of hydrogen-bond donors (Lipinski definition) is 0. The Balaban J connectivity index is 2.21. The molecule has 0 spiro atoms. The number of thioether (sulfide) groups is 1. The van der Waals surface area contributed by atoms with E-state index in [-0.39, 0.29) is 6.04 Å². The van der Waals surface area contributed by atoms with Crippen LogP contribution in [0.2, 0.25) is 0 Å². The average molecular weight is 216 g/mol. The number of aliphatic imine (C=N–C) groups is 1. The summed E-state index contributed by atoms with van der Waals surface area (Å²) in [6, 6.07) is 12.6. The van der Waals surface area contributed by atoms with Crippen LogP contribution in [-0.2, 0) is 0 Å². The van der Waals surface area contributed by atoms with Crippen molar-refractivity contribution in [2.45, 2.75) is 24.6 Å². The molecule has 2 rings (SSSR count). The molecule has 0 saturated carbocycles. The first kappa shape index (κ1) is 10.3. The van der Waals surface area contributed by atoms with Crippen LogP contribution in [0.4, 0.5) is 0 Å². The number of rotatable bonds is 2. The van der Waals surface area contributed by atoms with Crippen molar-refractivity contribution in [3.05, 3.63) is 35.9 Å². The molecule has 0 saturated heterocycles. The van der Waals surface area contributed by atoms with E-state index in [1.165, 1.54) is 5.56 Å².